The summed E-state index contributed by atoms with van der Waals surface area (Å²) in [6.45, 7) is 0.276. The zero-order valence-electron chi connectivity index (χ0n) is 10.3. The largest absolute Gasteiger partial charge is 0.492 e. The number of anilines is 1. The maximum atomic E-state index is 12.3. The number of hydrogen-bond acceptors (Lipinski definition) is 4. The SMILES string of the molecule is O=C(O)c1sccc1NC(=O)C1COc2ccccc21. The monoisotopic (exact) mass is 289 g/mol. The van der Waals surface area contributed by atoms with Crippen molar-refractivity contribution in [1.29, 1.82) is 0 Å². The van der Waals surface area contributed by atoms with Crippen LogP contribution in [-0.4, -0.2) is 23.6 Å². The van der Waals surface area contributed by atoms with Crippen LogP contribution in [0.2, 0.25) is 0 Å². The first-order valence-electron chi connectivity index (χ1n) is 6.00. The molecule has 0 radical (unpaired) electrons. The van der Waals surface area contributed by atoms with Crippen LogP contribution >= 0.6 is 11.3 Å². The summed E-state index contributed by atoms with van der Waals surface area (Å²) >= 11 is 1.08. The molecule has 6 heteroatoms. The molecule has 0 fully saturated rings. The average molecular weight is 289 g/mol. The van der Waals surface area contributed by atoms with Crippen LogP contribution in [0, 0.1) is 0 Å². The fourth-order valence-corrected chi connectivity index (χ4v) is 2.86. The number of carboxylic acid groups (broad SMARTS) is 1. The normalized spacial score (nSPS) is 16.3. The second kappa shape index (κ2) is 4.97. The van der Waals surface area contributed by atoms with Gasteiger partial charge in [0.2, 0.25) is 5.91 Å². The van der Waals surface area contributed by atoms with Crippen molar-refractivity contribution >= 4 is 28.9 Å². The molecule has 1 aromatic heterocycles. The maximum Gasteiger partial charge on any atom is 0.348 e. The number of ether oxygens (including phenoxy) is 1. The van der Waals surface area contributed by atoms with Crippen LogP contribution in [0.5, 0.6) is 5.75 Å². The highest BCUT2D eigenvalue weighted by atomic mass is 32.1. The first-order chi connectivity index (χ1) is 9.66. The van der Waals surface area contributed by atoms with Crippen molar-refractivity contribution in [3.05, 3.63) is 46.2 Å². The summed E-state index contributed by atoms with van der Waals surface area (Å²) < 4.78 is 5.45. The van der Waals surface area contributed by atoms with Gasteiger partial charge in [0.05, 0.1) is 5.69 Å². The van der Waals surface area contributed by atoms with Crippen molar-refractivity contribution < 1.29 is 19.4 Å². The highest BCUT2D eigenvalue weighted by Crippen LogP contribution is 2.34. The van der Waals surface area contributed by atoms with Crippen LogP contribution in [0.1, 0.15) is 21.2 Å². The fourth-order valence-electron chi connectivity index (χ4n) is 2.17. The van der Waals surface area contributed by atoms with Crippen LogP contribution < -0.4 is 10.1 Å². The van der Waals surface area contributed by atoms with Crippen molar-refractivity contribution in [1.82, 2.24) is 0 Å². The van der Waals surface area contributed by atoms with Gasteiger partial charge >= 0.3 is 5.97 Å². The van der Waals surface area contributed by atoms with E-state index in [2.05, 4.69) is 5.32 Å². The van der Waals surface area contributed by atoms with Crippen molar-refractivity contribution in [3.63, 3.8) is 0 Å². The van der Waals surface area contributed by atoms with Gasteiger partial charge in [-0.15, -0.1) is 11.3 Å². The number of thiophene rings is 1. The van der Waals surface area contributed by atoms with E-state index in [4.69, 9.17) is 9.84 Å². The van der Waals surface area contributed by atoms with Crippen molar-refractivity contribution in [3.8, 4) is 5.75 Å². The summed E-state index contributed by atoms with van der Waals surface area (Å²) in [5, 5.41) is 13.3. The molecule has 2 N–H and O–H groups in total. The molecule has 20 heavy (non-hydrogen) atoms. The number of para-hydroxylation sites is 1. The van der Waals surface area contributed by atoms with E-state index in [1.54, 1.807) is 11.4 Å². The molecule has 0 spiro atoms. The van der Waals surface area contributed by atoms with Crippen LogP contribution in [-0.2, 0) is 4.79 Å². The molecule has 1 aliphatic heterocycles. The van der Waals surface area contributed by atoms with Crippen LogP contribution in [0.3, 0.4) is 0 Å². The molecule has 1 aromatic carbocycles. The Morgan fingerprint density at radius 3 is 2.90 bits per heavy atom. The van der Waals surface area contributed by atoms with Crippen molar-refractivity contribution in [2.75, 3.05) is 11.9 Å². The third-order valence-corrected chi connectivity index (χ3v) is 4.04. The number of fused-ring (bicyclic) bond motifs is 1. The molecule has 1 aliphatic rings. The first kappa shape index (κ1) is 12.7. The van der Waals surface area contributed by atoms with Gasteiger partial charge in [-0.05, 0) is 17.5 Å². The second-order valence-electron chi connectivity index (χ2n) is 4.36. The molecule has 2 heterocycles. The Kier molecular flexibility index (Phi) is 3.15. The molecule has 0 saturated heterocycles. The second-order valence-corrected chi connectivity index (χ2v) is 5.28. The standard InChI is InChI=1S/C14H11NO4S/c16-13(15-10-5-6-20-12(10)14(17)18)9-7-19-11-4-2-1-3-8(9)11/h1-6,9H,7H2,(H,15,16)(H,17,18). The summed E-state index contributed by atoms with van der Waals surface area (Å²) in [5.74, 6) is -1.00. The molecular weight excluding hydrogens is 278 g/mol. The zero-order valence-corrected chi connectivity index (χ0v) is 11.1. The lowest BCUT2D eigenvalue weighted by atomic mass is 10.0. The summed E-state index contributed by atoms with van der Waals surface area (Å²) in [4.78, 5) is 23.4. The quantitative estimate of drug-likeness (QED) is 0.910. The molecule has 2 aromatic rings. The maximum absolute atomic E-state index is 12.3. The molecule has 0 saturated carbocycles. The number of nitrogens with one attached hydrogen (secondary N) is 1. The van der Waals surface area contributed by atoms with Crippen LogP contribution in [0.4, 0.5) is 5.69 Å². The van der Waals surface area contributed by atoms with Gasteiger partial charge in [0, 0.05) is 5.56 Å². The number of amides is 1. The average Bonchev–Trinajstić information content (AvgIpc) is 3.04. The lowest BCUT2D eigenvalue weighted by Gasteiger charge is -2.09. The van der Waals surface area contributed by atoms with E-state index < -0.39 is 11.9 Å². The Balaban J connectivity index is 1.81. The van der Waals surface area contributed by atoms with Gasteiger partial charge in [-0.3, -0.25) is 4.79 Å². The van der Waals surface area contributed by atoms with E-state index in [1.807, 2.05) is 24.3 Å². The Bertz CT molecular complexity index is 679. The number of carbonyl (C=O) groups excluding carboxylic acids is 1. The highest BCUT2D eigenvalue weighted by Gasteiger charge is 2.30. The third-order valence-electron chi connectivity index (χ3n) is 3.13. The lowest BCUT2D eigenvalue weighted by molar-refractivity contribution is -0.117. The molecule has 5 nitrogen and oxygen atoms in total. The van der Waals surface area contributed by atoms with Gasteiger partial charge in [0.1, 0.15) is 23.2 Å². The summed E-state index contributed by atoms with van der Waals surface area (Å²) in [5.41, 5.74) is 1.16. The van der Waals surface area contributed by atoms with Gasteiger partial charge in [-0.25, -0.2) is 4.79 Å². The molecule has 1 amide bonds. The molecule has 0 bridgehead atoms. The van der Waals surface area contributed by atoms with Gasteiger partial charge in [-0.1, -0.05) is 18.2 Å². The lowest BCUT2D eigenvalue weighted by Crippen LogP contribution is -2.22. The smallest absolute Gasteiger partial charge is 0.348 e. The summed E-state index contributed by atoms with van der Waals surface area (Å²) in [7, 11) is 0. The minimum Gasteiger partial charge on any atom is -0.492 e. The Morgan fingerprint density at radius 2 is 2.10 bits per heavy atom. The number of rotatable bonds is 3. The zero-order chi connectivity index (χ0) is 14.1. The summed E-state index contributed by atoms with van der Waals surface area (Å²) in [6.07, 6.45) is 0. The van der Waals surface area contributed by atoms with Gasteiger partial charge in [0.25, 0.3) is 0 Å². The number of aromatic carboxylic acids is 1. The van der Waals surface area contributed by atoms with E-state index in [9.17, 15) is 9.59 Å². The third kappa shape index (κ3) is 2.14. The molecule has 3 rings (SSSR count). The predicted octanol–water partition coefficient (Wildman–Crippen LogP) is 2.56. The molecule has 1 unspecified atom stereocenters. The van der Waals surface area contributed by atoms with Crippen LogP contribution in [0.15, 0.2) is 35.7 Å². The minimum absolute atomic E-state index is 0.130. The van der Waals surface area contributed by atoms with E-state index in [-0.39, 0.29) is 17.4 Å². The Hall–Kier alpha value is -2.34. The predicted molar refractivity (Wildman–Crippen MR) is 74.6 cm³/mol. The molecule has 0 aliphatic carbocycles. The molecular formula is C14H11NO4S. The summed E-state index contributed by atoms with van der Waals surface area (Å²) in [6, 6.07) is 8.95. The van der Waals surface area contributed by atoms with Gasteiger partial charge < -0.3 is 15.2 Å². The fraction of sp³-hybridized carbons (Fsp3) is 0.143. The number of carboxylic acids is 1. The Morgan fingerprint density at radius 1 is 1.30 bits per heavy atom. The van der Waals surface area contributed by atoms with Crippen LogP contribution in [0.25, 0.3) is 0 Å². The minimum atomic E-state index is -1.04. The van der Waals surface area contributed by atoms with Crippen molar-refractivity contribution in [2.45, 2.75) is 5.92 Å². The first-order valence-corrected chi connectivity index (χ1v) is 6.88. The van der Waals surface area contributed by atoms with Gasteiger partial charge in [0.15, 0.2) is 0 Å². The number of hydrogen-bond donors (Lipinski definition) is 2. The van der Waals surface area contributed by atoms with E-state index in [0.717, 1.165) is 16.9 Å². The molecule has 1 atom stereocenters. The van der Waals surface area contributed by atoms with E-state index >= 15 is 0 Å². The van der Waals surface area contributed by atoms with E-state index in [1.165, 1.54) is 0 Å². The number of benzene rings is 1. The molecule has 102 valence electrons. The highest BCUT2D eigenvalue weighted by molar-refractivity contribution is 7.12. The topological polar surface area (TPSA) is 75.6 Å². The van der Waals surface area contributed by atoms with Gasteiger partial charge in [-0.2, -0.15) is 0 Å². The van der Waals surface area contributed by atoms with Crippen molar-refractivity contribution in [2.24, 2.45) is 0 Å². The Labute approximate surface area is 118 Å². The number of carbonyl (C=O) groups is 2. The van der Waals surface area contributed by atoms with E-state index in [0.29, 0.717) is 11.4 Å².